The van der Waals surface area contributed by atoms with Crippen LogP contribution in [0.3, 0.4) is 0 Å². The van der Waals surface area contributed by atoms with Gasteiger partial charge in [0.1, 0.15) is 18.3 Å². The third-order valence-corrected chi connectivity index (χ3v) is 9.61. The lowest BCUT2D eigenvalue weighted by atomic mass is 9.49. The fraction of sp³-hybridized carbons (Fsp3) is 0.514. The molecule has 0 N–H and O–H groups in total. The maximum Gasteiger partial charge on any atom is 0.331 e. The lowest BCUT2D eigenvalue weighted by Crippen LogP contribution is -2.64. The van der Waals surface area contributed by atoms with Gasteiger partial charge in [0.05, 0.1) is 0 Å². The Morgan fingerprint density at radius 2 is 1.52 bits per heavy atom. The summed E-state index contributed by atoms with van der Waals surface area (Å²) >= 11 is 0. The molecule has 9 nitrogen and oxygen atoms in total. The first-order valence-electron chi connectivity index (χ1n) is 15.0. The second kappa shape index (κ2) is 12.5. The number of fused-ring (bicyclic) bond motifs is 3. The second-order valence-corrected chi connectivity index (χ2v) is 12.9. The Balaban J connectivity index is 1.86. The standard InChI is InChI=1S/C35H42O9/c1-19-26(39)18-25-31(41-21(3)36)30-20(2)27(44-28(40)15-14-24-12-10-9-11-13-24)16-17-35(30,8)33(43-23(5)38)32(42-22(4)37)29(19)34(25,6)7/h9-15,25,27,30-33H,2,16-18H2,1,3-8H3/b15-14+/t25-,27+,30+,31-,32-,33+,35-/m1/s1. The highest BCUT2D eigenvalue weighted by Gasteiger charge is 2.64. The van der Waals surface area contributed by atoms with E-state index in [-0.39, 0.29) is 12.2 Å². The van der Waals surface area contributed by atoms with E-state index in [1.54, 1.807) is 13.0 Å². The highest BCUT2D eigenvalue weighted by Crippen LogP contribution is 2.60. The van der Waals surface area contributed by atoms with Crippen molar-refractivity contribution in [3.63, 3.8) is 0 Å². The molecule has 236 valence electrons. The Morgan fingerprint density at radius 1 is 0.909 bits per heavy atom. The number of carbonyl (C=O) groups is 5. The Morgan fingerprint density at radius 3 is 2.11 bits per heavy atom. The van der Waals surface area contributed by atoms with Gasteiger partial charge < -0.3 is 18.9 Å². The first kappa shape index (κ1) is 32.9. The number of hydrogen-bond donors (Lipinski definition) is 0. The zero-order valence-corrected chi connectivity index (χ0v) is 26.5. The van der Waals surface area contributed by atoms with Crippen molar-refractivity contribution in [1.29, 1.82) is 0 Å². The SMILES string of the molecule is C=C1[C@@H](OC(=O)/C=C/c2ccccc2)CC[C@@]2(C)[C@@H](OC(C)=O)[C@H](OC(C)=O)C3=C(C)C(=O)C[C@H]([C@@H](OC(C)=O)[C@H]12)C3(C)C. The van der Waals surface area contributed by atoms with E-state index in [9.17, 15) is 24.0 Å². The summed E-state index contributed by atoms with van der Waals surface area (Å²) in [6, 6.07) is 9.32. The molecule has 0 heterocycles. The van der Waals surface area contributed by atoms with Crippen LogP contribution < -0.4 is 0 Å². The molecule has 3 aliphatic rings. The molecule has 0 spiro atoms. The summed E-state index contributed by atoms with van der Waals surface area (Å²) in [5.74, 6) is -3.76. The van der Waals surface area contributed by atoms with E-state index in [2.05, 4.69) is 6.58 Å². The molecule has 3 aliphatic carbocycles. The van der Waals surface area contributed by atoms with E-state index in [0.29, 0.717) is 29.6 Å². The number of ether oxygens (including phenoxy) is 4. The van der Waals surface area contributed by atoms with Crippen LogP contribution in [0.2, 0.25) is 0 Å². The zero-order valence-electron chi connectivity index (χ0n) is 26.5. The molecule has 44 heavy (non-hydrogen) atoms. The van der Waals surface area contributed by atoms with Gasteiger partial charge in [0, 0.05) is 50.5 Å². The van der Waals surface area contributed by atoms with Crippen LogP contribution in [0.15, 0.2) is 59.7 Å². The summed E-state index contributed by atoms with van der Waals surface area (Å²) < 4.78 is 24.0. The van der Waals surface area contributed by atoms with Gasteiger partial charge in [-0.25, -0.2) is 4.79 Å². The summed E-state index contributed by atoms with van der Waals surface area (Å²) in [6.07, 6.45) is -0.0137. The predicted octanol–water partition coefficient (Wildman–Crippen LogP) is 5.32. The maximum absolute atomic E-state index is 13.5. The van der Waals surface area contributed by atoms with Gasteiger partial charge in [0.15, 0.2) is 11.9 Å². The van der Waals surface area contributed by atoms with Crippen molar-refractivity contribution in [2.45, 2.75) is 92.1 Å². The van der Waals surface area contributed by atoms with Gasteiger partial charge in [-0.3, -0.25) is 19.2 Å². The van der Waals surface area contributed by atoms with Crippen LogP contribution in [0.1, 0.15) is 73.3 Å². The topological polar surface area (TPSA) is 122 Å². The summed E-state index contributed by atoms with van der Waals surface area (Å²) in [7, 11) is 0. The lowest BCUT2D eigenvalue weighted by molar-refractivity contribution is -0.202. The average molecular weight is 607 g/mol. The van der Waals surface area contributed by atoms with Gasteiger partial charge >= 0.3 is 23.9 Å². The van der Waals surface area contributed by atoms with Crippen molar-refractivity contribution < 1.29 is 42.9 Å². The van der Waals surface area contributed by atoms with E-state index >= 15 is 0 Å². The largest absolute Gasteiger partial charge is 0.462 e. The molecule has 2 fully saturated rings. The quantitative estimate of drug-likeness (QED) is 0.183. The number of ketones is 1. The van der Waals surface area contributed by atoms with Crippen molar-refractivity contribution in [2.75, 3.05) is 0 Å². The molecule has 0 aliphatic heterocycles. The van der Waals surface area contributed by atoms with Gasteiger partial charge in [0.25, 0.3) is 0 Å². The molecule has 0 aromatic heterocycles. The molecule has 2 bridgehead atoms. The maximum atomic E-state index is 13.5. The Labute approximate surface area is 258 Å². The molecular formula is C35H42O9. The fourth-order valence-corrected chi connectivity index (χ4v) is 7.65. The number of benzene rings is 1. The van der Waals surface area contributed by atoms with Crippen molar-refractivity contribution in [1.82, 2.24) is 0 Å². The fourth-order valence-electron chi connectivity index (χ4n) is 7.65. The number of allylic oxidation sites excluding steroid dienone is 1. The highest BCUT2D eigenvalue weighted by atomic mass is 16.6. The molecular weight excluding hydrogens is 564 g/mol. The van der Waals surface area contributed by atoms with Crippen molar-refractivity contribution in [3.05, 3.63) is 65.3 Å². The molecule has 9 heteroatoms. The van der Waals surface area contributed by atoms with Crippen molar-refractivity contribution in [3.8, 4) is 0 Å². The summed E-state index contributed by atoms with van der Waals surface area (Å²) in [5, 5.41) is 0. The summed E-state index contributed by atoms with van der Waals surface area (Å²) in [4.78, 5) is 64.4. The van der Waals surface area contributed by atoms with E-state index in [1.165, 1.54) is 26.8 Å². The van der Waals surface area contributed by atoms with E-state index in [4.69, 9.17) is 18.9 Å². The highest BCUT2D eigenvalue weighted by molar-refractivity contribution is 5.97. The van der Waals surface area contributed by atoms with Gasteiger partial charge in [-0.15, -0.1) is 0 Å². The summed E-state index contributed by atoms with van der Waals surface area (Å²) in [6.45, 7) is 15.6. The van der Waals surface area contributed by atoms with Crippen LogP contribution >= 0.6 is 0 Å². The zero-order chi connectivity index (χ0) is 32.6. The Hall–Kier alpha value is -4.01. The van der Waals surface area contributed by atoms with Crippen LogP contribution in [-0.2, 0) is 42.9 Å². The molecule has 2 saturated carbocycles. The number of rotatable bonds is 6. The third-order valence-electron chi connectivity index (χ3n) is 9.61. The van der Waals surface area contributed by atoms with E-state index in [1.807, 2.05) is 51.1 Å². The number of carbonyl (C=O) groups excluding carboxylic acids is 5. The van der Waals surface area contributed by atoms with E-state index < -0.39 is 71.0 Å². The second-order valence-electron chi connectivity index (χ2n) is 12.9. The molecule has 0 radical (unpaired) electrons. The van der Waals surface area contributed by atoms with Gasteiger partial charge in [0.2, 0.25) is 0 Å². The van der Waals surface area contributed by atoms with Crippen molar-refractivity contribution >= 4 is 35.7 Å². The Bertz CT molecular complexity index is 1420. The molecule has 0 amide bonds. The van der Waals surface area contributed by atoms with Crippen molar-refractivity contribution in [2.24, 2.45) is 22.7 Å². The minimum atomic E-state index is -1.08. The number of esters is 4. The monoisotopic (exact) mass is 606 g/mol. The van der Waals surface area contributed by atoms with Crippen LogP contribution in [0.25, 0.3) is 6.08 Å². The van der Waals surface area contributed by atoms with Gasteiger partial charge in [-0.05, 0) is 53.5 Å². The average Bonchev–Trinajstić information content (AvgIpc) is 2.93. The van der Waals surface area contributed by atoms with Crippen LogP contribution in [-0.4, -0.2) is 54.1 Å². The lowest BCUT2D eigenvalue weighted by Gasteiger charge is -2.59. The summed E-state index contributed by atoms with van der Waals surface area (Å²) in [5.41, 5.74) is 0.459. The van der Waals surface area contributed by atoms with Gasteiger partial charge in [-0.1, -0.05) is 57.7 Å². The Kier molecular flexibility index (Phi) is 9.37. The normalized spacial score (nSPS) is 31.3. The van der Waals surface area contributed by atoms with Crippen LogP contribution in [0.4, 0.5) is 0 Å². The molecule has 7 atom stereocenters. The third kappa shape index (κ3) is 6.28. The van der Waals surface area contributed by atoms with Crippen LogP contribution in [0, 0.1) is 22.7 Å². The number of Topliss-reactive ketones (excluding diaryl/α,β-unsaturated/α-hetero) is 1. The van der Waals surface area contributed by atoms with Crippen LogP contribution in [0.5, 0.6) is 0 Å². The first-order valence-corrected chi connectivity index (χ1v) is 15.0. The minimum Gasteiger partial charge on any atom is -0.462 e. The minimum absolute atomic E-state index is 0.0788. The molecule has 4 rings (SSSR count). The smallest absolute Gasteiger partial charge is 0.331 e. The first-order chi connectivity index (χ1) is 20.6. The molecule has 0 unspecified atom stereocenters. The predicted molar refractivity (Wildman–Crippen MR) is 162 cm³/mol. The molecule has 1 aromatic carbocycles. The van der Waals surface area contributed by atoms with Gasteiger partial charge in [-0.2, -0.15) is 0 Å². The number of hydrogen-bond acceptors (Lipinski definition) is 9. The molecule has 0 saturated heterocycles. The van der Waals surface area contributed by atoms with E-state index in [0.717, 1.165) is 5.56 Å². The molecule has 1 aromatic rings.